The zero-order valence-corrected chi connectivity index (χ0v) is 15.5. The van der Waals surface area contributed by atoms with E-state index in [9.17, 15) is 19.1 Å². The van der Waals surface area contributed by atoms with Crippen molar-refractivity contribution in [1.82, 2.24) is 9.88 Å². The van der Waals surface area contributed by atoms with Gasteiger partial charge >= 0.3 is 5.97 Å². The lowest BCUT2D eigenvalue weighted by atomic mass is 10.0. The summed E-state index contributed by atoms with van der Waals surface area (Å²) in [7, 11) is 1.81. The number of aromatic carboxylic acids is 1. The second-order valence-electron chi connectivity index (χ2n) is 7.03. The number of carbonyl (C=O) groups is 1. The fourth-order valence-corrected chi connectivity index (χ4v) is 3.70. The number of rotatable bonds is 5. The average molecular weight is 392 g/mol. The van der Waals surface area contributed by atoms with Crippen molar-refractivity contribution in [3.63, 3.8) is 0 Å². The van der Waals surface area contributed by atoms with Gasteiger partial charge in [-0.1, -0.05) is 11.6 Å². The Morgan fingerprint density at radius 2 is 2.07 bits per heavy atom. The second kappa shape index (κ2) is 6.65. The average Bonchev–Trinajstić information content (AvgIpc) is 3.40. The van der Waals surface area contributed by atoms with E-state index in [4.69, 9.17) is 11.6 Å². The van der Waals surface area contributed by atoms with Gasteiger partial charge in [-0.05, 0) is 37.6 Å². The predicted molar refractivity (Wildman–Crippen MR) is 102 cm³/mol. The number of carboxylic acids is 1. The van der Waals surface area contributed by atoms with E-state index in [2.05, 4.69) is 5.32 Å². The minimum absolute atomic E-state index is 0.104. The van der Waals surface area contributed by atoms with Gasteiger partial charge in [0.1, 0.15) is 11.4 Å². The van der Waals surface area contributed by atoms with Crippen LogP contribution in [0.1, 0.15) is 29.2 Å². The maximum absolute atomic E-state index is 14.7. The number of anilines is 1. The molecule has 2 aliphatic rings. The molecule has 0 amide bonds. The summed E-state index contributed by atoms with van der Waals surface area (Å²) in [6.07, 6.45) is 3.22. The van der Waals surface area contributed by atoms with E-state index in [0.717, 1.165) is 29.5 Å². The van der Waals surface area contributed by atoms with Crippen molar-refractivity contribution in [3.8, 4) is 0 Å². The first-order chi connectivity index (χ1) is 12.9. The fourth-order valence-electron chi connectivity index (χ4n) is 3.44. The number of nitrogens with zero attached hydrogens (tertiary/aromatic N) is 2. The number of pyridine rings is 1. The number of benzene rings is 1. The molecule has 0 radical (unpaired) electrons. The molecule has 1 saturated heterocycles. The third-order valence-electron chi connectivity index (χ3n) is 5.09. The van der Waals surface area contributed by atoms with Gasteiger partial charge in [-0.15, -0.1) is 0 Å². The highest BCUT2D eigenvalue weighted by atomic mass is 35.5. The molecular weight excluding hydrogens is 373 g/mol. The Hall–Kier alpha value is -2.38. The number of fused-ring (bicyclic) bond motifs is 1. The Morgan fingerprint density at radius 1 is 1.37 bits per heavy atom. The summed E-state index contributed by atoms with van der Waals surface area (Å²) in [5, 5.41) is 13.1. The summed E-state index contributed by atoms with van der Waals surface area (Å²) >= 11 is 6.21. The normalized spacial score (nSPS) is 16.6. The smallest absolute Gasteiger partial charge is 0.341 e. The van der Waals surface area contributed by atoms with Crippen LogP contribution in [0.2, 0.25) is 0 Å². The quantitative estimate of drug-likeness (QED) is 0.819. The van der Waals surface area contributed by atoms with Crippen LogP contribution in [0.25, 0.3) is 10.9 Å². The first-order valence-electron chi connectivity index (χ1n) is 8.78. The number of halogens is 2. The molecule has 27 heavy (non-hydrogen) atoms. The molecule has 0 unspecified atom stereocenters. The van der Waals surface area contributed by atoms with Crippen LogP contribution in [-0.4, -0.2) is 42.3 Å². The molecule has 8 heteroatoms. The molecule has 1 aliphatic heterocycles. The molecule has 4 rings (SSSR count). The molecule has 2 N–H and O–H groups in total. The van der Waals surface area contributed by atoms with Gasteiger partial charge in [0.2, 0.25) is 5.43 Å². The highest BCUT2D eigenvalue weighted by Crippen LogP contribution is 2.39. The van der Waals surface area contributed by atoms with Crippen LogP contribution in [0, 0.1) is 5.82 Å². The number of carboxylic acid groups (broad SMARTS) is 1. The van der Waals surface area contributed by atoms with Crippen molar-refractivity contribution in [1.29, 1.82) is 0 Å². The van der Waals surface area contributed by atoms with Crippen molar-refractivity contribution >= 4 is 34.2 Å². The van der Waals surface area contributed by atoms with E-state index in [1.165, 1.54) is 6.20 Å². The van der Waals surface area contributed by atoms with Crippen molar-refractivity contribution < 1.29 is 14.3 Å². The number of hydrogen-bond acceptors (Lipinski definition) is 4. The predicted octanol–water partition coefficient (Wildman–Crippen LogP) is 2.71. The lowest BCUT2D eigenvalue weighted by molar-refractivity contribution is 0.0695. The number of nitrogens with one attached hydrogen (secondary N) is 1. The summed E-state index contributed by atoms with van der Waals surface area (Å²) in [4.78, 5) is 25.7. The molecular formula is C19H19ClFN3O3. The van der Waals surface area contributed by atoms with Crippen LogP contribution >= 0.6 is 11.6 Å². The zero-order chi connectivity index (χ0) is 19.3. The van der Waals surface area contributed by atoms with Crippen LogP contribution in [0.3, 0.4) is 0 Å². The lowest BCUT2D eigenvalue weighted by Crippen LogP contribution is -2.42. The summed E-state index contributed by atoms with van der Waals surface area (Å²) in [6.45, 7) is 1.64. The maximum atomic E-state index is 14.7. The van der Waals surface area contributed by atoms with Crippen LogP contribution in [-0.2, 0) is 0 Å². The molecule has 2 aromatic rings. The van der Waals surface area contributed by atoms with E-state index in [1.54, 1.807) is 10.6 Å². The zero-order valence-electron chi connectivity index (χ0n) is 14.8. The van der Waals surface area contributed by atoms with Crippen molar-refractivity contribution in [2.24, 2.45) is 0 Å². The van der Waals surface area contributed by atoms with Crippen molar-refractivity contribution in [2.75, 3.05) is 31.6 Å². The number of hydrogen-bond donors (Lipinski definition) is 2. The molecule has 2 fully saturated rings. The van der Waals surface area contributed by atoms with Gasteiger partial charge in [0.25, 0.3) is 0 Å². The SMILES string of the molecule is CNCC(Cl)=C1CN(c2cc3c(cc2F)c(=O)c(C(=O)O)cn3C2CC2)C1. The van der Waals surface area contributed by atoms with Gasteiger partial charge in [0.15, 0.2) is 0 Å². The monoisotopic (exact) mass is 391 g/mol. The maximum Gasteiger partial charge on any atom is 0.341 e. The van der Waals surface area contributed by atoms with E-state index in [1.807, 2.05) is 11.9 Å². The van der Waals surface area contributed by atoms with Crippen molar-refractivity contribution in [3.05, 3.63) is 50.5 Å². The van der Waals surface area contributed by atoms with Gasteiger partial charge in [0, 0.05) is 42.3 Å². The van der Waals surface area contributed by atoms with E-state index in [0.29, 0.717) is 30.8 Å². The Morgan fingerprint density at radius 3 is 2.67 bits per heavy atom. The number of likely N-dealkylation sites (N-methyl/N-ethyl adjacent to an activating group) is 1. The minimum Gasteiger partial charge on any atom is -0.477 e. The Balaban J connectivity index is 1.79. The fraction of sp³-hybridized carbons (Fsp3) is 0.368. The molecule has 0 bridgehead atoms. The van der Waals surface area contributed by atoms with Gasteiger partial charge in [0.05, 0.1) is 11.2 Å². The first-order valence-corrected chi connectivity index (χ1v) is 9.16. The molecule has 1 aliphatic carbocycles. The summed E-state index contributed by atoms with van der Waals surface area (Å²) < 4.78 is 16.5. The molecule has 1 aromatic heterocycles. The number of aromatic nitrogens is 1. The van der Waals surface area contributed by atoms with Crippen molar-refractivity contribution in [2.45, 2.75) is 18.9 Å². The van der Waals surface area contributed by atoms with Gasteiger partial charge in [-0.25, -0.2) is 9.18 Å². The Bertz CT molecular complexity index is 1030. The first kappa shape index (κ1) is 18.0. The highest BCUT2D eigenvalue weighted by molar-refractivity contribution is 6.30. The van der Waals surface area contributed by atoms with Crippen LogP contribution in [0.5, 0.6) is 0 Å². The topological polar surface area (TPSA) is 74.6 Å². The summed E-state index contributed by atoms with van der Waals surface area (Å²) in [6, 6.07) is 2.97. The van der Waals surface area contributed by atoms with Crippen LogP contribution in [0.4, 0.5) is 10.1 Å². The largest absolute Gasteiger partial charge is 0.477 e. The molecule has 2 heterocycles. The van der Waals surface area contributed by atoms with E-state index < -0.39 is 17.2 Å². The Labute approximate surface area is 159 Å². The van der Waals surface area contributed by atoms with Crippen LogP contribution in [0.15, 0.2) is 33.7 Å². The molecule has 6 nitrogen and oxygen atoms in total. The summed E-state index contributed by atoms with van der Waals surface area (Å²) in [5.74, 6) is -1.83. The second-order valence-corrected chi connectivity index (χ2v) is 7.49. The van der Waals surface area contributed by atoms with E-state index in [-0.39, 0.29) is 17.0 Å². The molecule has 1 aromatic carbocycles. The highest BCUT2D eigenvalue weighted by Gasteiger charge is 2.30. The lowest BCUT2D eigenvalue weighted by Gasteiger charge is -2.37. The third-order valence-corrected chi connectivity index (χ3v) is 5.49. The molecule has 0 atom stereocenters. The Kier molecular flexibility index (Phi) is 4.44. The molecule has 142 valence electrons. The van der Waals surface area contributed by atoms with Gasteiger partial charge in [-0.2, -0.15) is 0 Å². The minimum atomic E-state index is -1.29. The summed E-state index contributed by atoms with van der Waals surface area (Å²) in [5.41, 5.74) is 1.04. The van der Waals surface area contributed by atoms with Gasteiger partial charge < -0.3 is 19.9 Å². The molecule has 1 saturated carbocycles. The van der Waals surface area contributed by atoms with Gasteiger partial charge in [-0.3, -0.25) is 4.79 Å². The standard InChI is InChI=1S/C19H19ClFN3O3/c1-22-6-14(20)10-7-23(8-10)17-5-16-12(4-15(17)21)18(25)13(19(26)27)9-24(16)11-2-3-11/h4-5,9,11,22H,2-3,6-8H2,1H3,(H,26,27). The van der Waals surface area contributed by atoms with E-state index >= 15 is 0 Å². The molecule has 0 spiro atoms. The third kappa shape index (κ3) is 3.11. The van der Waals surface area contributed by atoms with Crippen LogP contribution < -0.4 is 15.6 Å².